The molecule has 4 amide bonds. The highest BCUT2D eigenvalue weighted by Crippen LogP contribution is 2.26. The third-order valence-electron chi connectivity index (χ3n) is 6.80. The summed E-state index contributed by atoms with van der Waals surface area (Å²) >= 11 is 0. The van der Waals surface area contributed by atoms with Crippen molar-refractivity contribution in [3.8, 4) is 5.75 Å². The molecule has 0 unspecified atom stereocenters. The molecule has 206 valence electrons. The number of carbonyl (C=O) groups is 5. The van der Waals surface area contributed by atoms with Gasteiger partial charge in [0, 0.05) is 36.2 Å². The van der Waals surface area contributed by atoms with Crippen molar-refractivity contribution < 1.29 is 33.8 Å². The first-order valence-electron chi connectivity index (χ1n) is 12.9. The van der Waals surface area contributed by atoms with E-state index in [1.807, 2.05) is 6.92 Å². The molecule has 1 aliphatic heterocycles. The van der Waals surface area contributed by atoms with Gasteiger partial charge in [-0.25, -0.2) is 0 Å². The highest BCUT2D eigenvalue weighted by Gasteiger charge is 2.29. The molecule has 2 aromatic carbocycles. The van der Waals surface area contributed by atoms with Crippen molar-refractivity contribution in [3.05, 3.63) is 64.2 Å². The zero-order valence-electron chi connectivity index (χ0n) is 21.9. The standard InChI is InChI=1S/C28H32N4O7/c1-16-6-7-18-14-23(16)39-13-11-29-24(35)15-32(12-10-30-27(37)25(17(2)33)31-26(18)36)28(38)21-5-3-4-20-19(21)8-9-22(20)34/h3-7,14,17,25,33H,8-13,15H2,1-2H3,(H,29,35)(H,30,37)(H,31,36)/t17-,25+/m1/s1. The van der Waals surface area contributed by atoms with Gasteiger partial charge in [-0.05, 0) is 49.6 Å². The van der Waals surface area contributed by atoms with Crippen LogP contribution in [0.15, 0.2) is 36.4 Å². The van der Waals surface area contributed by atoms with E-state index in [2.05, 4.69) is 16.0 Å². The number of Topliss-reactive ketones (excluding diaryl/α,β-unsaturated/α-hetero) is 1. The number of carbonyl (C=O) groups excluding carboxylic acids is 5. The highest BCUT2D eigenvalue weighted by molar-refractivity contribution is 6.06. The van der Waals surface area contributed by atoms with E-state index >= 15 is 0 Å². The van der Waals surface area contributed by atoms with Crippen LogP contribution >= 0.6 is 0 Å². The quantitative estimate of drug-likeness (QED) is 0.432. The normalized spacial score (nSPS) is 19.7. The second-order valence-corrected chi connectivity index (χ2v) is 9.64. The molecule has 1 heterocycles. The molecule has 2 bridgehead atoms. The van der Waals surface area contributed by atoms with Crippen molar-refractivity contribution in [2.75, 3.05) is 32.8 Å². The van der Waals surface area contributed by atoms with E-state index in [-0.39, 0.29) is 44.1 Å². The number of hydrogen-bond donors (Lipinski definition) is 4. The maximum atomic E-state index is 13.5. The minimum Gasteiger partial charge on any atom is -0.491 e. The number of nitrogens with one attached hydrogen (secondary N) is 3. The molecule has 0 radical (unpaired) electrons. The Morgan fingerprint density at radius 3 is 2.64 bits per heavy atom. The van der Waals surface area contributed by atoms with Gasteiger partial charge in [0.15, 0.2) is 5.78 Å². The van der Waals surface area contributed by atoms with Crippen molar-refractivity contribution in [1.29, 1.82) is 0 Å². The van der Waals surface area contributed by atoms with Crippen LogP contribution in [-0.2, 0) is 16.0 Å². The van der Waals surface area contributed by atoms with Crippen LogP contribution in [0.25, 0.3) is 0 Å². The summed E-state index contributed by atoms with van der Waals surface area (Å²) in [6, 6.07) is 8.52. The van der Waals surface area contributed by atoms with Crippen LogP contribution < -0.4 is 20.7 Å². The van der Waals surface area contributed by atoms with E-state index in [9.17, 15) is 29.1 Å². The molecular weight excluding hydrogens is 504 g/mol. The monoisotopic (exact) mass is 536 g/mol. The smallest absolute Gasteiger partial charge is 0.254 e. The van der Waals surface area contributed by atoms with Gasteiger partial charge in [0.05, 0.1) is 19.2 Å². The Morgan fingerprint density at radius 2 is 1.87 bits per heavy atom. The summed E-state index contributed by atoms with van der Waals surface area (Å²) in [6.07, 6.45) is -0.435. The first kappa shape index (κ1) is 27.8. The van der Waals surface area contributed by atoms with Gasteiger partial charge in [-0.3, -0.25) is 24.0 Å². The molecule has 0 saturated heterocycles. The molecule has 2 aromatic rings. The maximum Gasteiger partial charge on any atom is 0.254 e. The van der Waals surface area contributed by atoms with E-state index in [0.717, 1.165) is 5.56 Å². The molecule has 0 spiro atoms. The van der Waals surface area contributed by atoms with Crippen molar-refractivity contribution in [2.24, 2.45) is 0 Å². The maximum absolute atomic E-state index is 13.5. The topological polar surface area (TPSA) is 154 Å². The Hall–Kier alpha value is -4.25. The SMILES string of the molecule is Cc1ccc2cc1OCCNC(=O)CN(C(=O)c1cccc3c1CCC3=O)CCNC(=O)[C@H]([C@@H](C)O)NC2=O. The number of hydrogen-bond acceptors (Lipinski definition) is 7. The van der Waals surface area contributed by atoms with Crippen molar-refractivity contribution in [2.45, 2.75) is 38.8 Å². The van der Waals surface area contributed by atoms with Crippen LogP contribution in [0.2, 0.25) is 0 Å². The van der Waals surface area contributed by atoms with Gasteiger partial charge in [0.2, 0.25) is 11.8 Å². The predicted octanol–water partition coefficient (Wildman–Crippen LogP) is 0.370. The average molecular weight is 537 g/mol. The molecule has 39 heavy (non-hydrogen) atoms. The van der Waals surface area contributed by atoms with Crippen molar-refractivity contribution >= 4 is 29.4 Å². The number of aliphatic hydroxyl groups excluding tert-OH is 1. The minimum absolute atomic E-state index is 0.0213. The lowest BCUT2D eigenvalue weighted by Crippen LogP contribution is -2.53. The Kier molecular flexibility index (Phi) is 8.60. The van der Waals surface area contributed by atoms with Gasteiger partial charge < -0.3 is 30.7 Å². The van der Waals surface area contributed by atoms with E-state index in [1.165, 1.54) is 17.9 Å². The summed E-state index contributed by atoms with van der Waals surface area (Å²) in [5.74, 6) is -1.66. The van der Waals surface area contributed by atoms with Gasteiger partial charge in [-0.15, -0.1) is 0 Å². The number of aryl methyl sites for hydroxylation is 1. The average Bonchev–Trinajstić information content (AvgIpc) is 3.29. The third kappa shape index (κ3) is 6.43. The van der Waals surface area contributed by atoms with Gasteiger partial charge >= 0.3 is 0 Å². The van der Waals surface area contributed by atoms with E-state index < -0.39 is 35.8 Å². The number of aliphatic hydroxyl groups is 1. The van der Waals surface area contributed by atoms with E-state index in [0.29, 0.717) is 35.3 Å². The van der Waals surface area contributed by atoms with Crippen LogP contribution in [0.4, 0.5) is 0 Å². The van der Waals surface area contributed by atoms with Crippen LogP contribution in [0.1, 0.15) is 55.5 Å². The minimum atomic E-state index is -1.25. The molecule has 11 heteroatoms. The molecule has 2 atom stereocenters. The number of nitrogens with zero attached hydrogens (tertiary/aromatic N) is 1. The molecule has 1 aliphatic carbocycles. The van der Waals surface area contributed by atoms with Crippen molar-refractivity contribution in [1.82, 2.24) is 20.9 Å². The number of rotatable bonds is 2. The van der Waals surface area contributed by atoms with Gasteiger partial charge in [0.1, 0.15) is 18.4 Å². The van der Waals surface area contributed by atoms with Crippen molar-refractivity contribution in [3.63, 3.8) is 0 Å². The molecular formula is C28H32N4O7. The van der Waals surface area contributed by atoms with Crippen LogP contribution in [-0.4, -0.2) is 84.4 Å². The first-order chi connectivity index (χ1) is 18.7. The van der Waals surface area contributed by atoms with E-state index in [1.54, 1.807) is 30.3 Å². The molecule has 0 fully saturated rings. The second kappa shape index (κ2) is 12.1. The van der Waals surface area contributed by atoms with Gasteiger partial charge in [-0.2, -0.15) is 0 Å². The molecule has 4 N–H and O–H groups in total. The fraction of sp³-hybridized carbons (Fsp3) is 0.393. The summed E-state index contributed by atoms with van der Waals surface area (Å²) in [5.41, 5.74) is 2.52. The molecule has 0 saturated carbocycles. The van der Waals surface area contributed by atoms with Crippen LogP contribution in [0.3, 0.4) is 0 Å². The Balaban J connectivity index is 1.58. The van der Waals surface area contributed by atoms with E-state index in [4.69, 9.17) is 4.74 Å². The summed E-state index contributed by atoms with van der Waals surface area (Å²) < 4.78 is 5.76. The Morgan fingerprint density at radius 1 is 1.08 bits per heavy atom. The molecule has 0 aromatic heterocycles. The lowest BCUT2D eigenvalue weighted by atomic mass is 10.0. The Bertz CT molecular complexity index is 1310. The highest BCUT2D eigenvalue weighted by atomic mass is 16.5. The second-order valence-electron chi connectivity index (χ2n) is 9.64. The zero-order valence-corrected chi connectivity index (χ0v) is 21.9. The fourth-order valence-electron chi connectivity index (χ4n) is 4.65. The van der Waals surface area contributed by atoms with Gasteiger partial charge in [-0.1, -0.05) is 18.2 Å². The largest absolute Gasteiger partial charge is 0.491 e. The summed E-state index contributed by atoms with van der Waals surface area (Å²) in [6.45, 7) is 3.13. The Labute approximate surface area is 225 Å². The summed E-state index contributed by atoms with van der Waals surface area (Å²) in [4.78, 5) is 65.5. The third-order valence-corrected chi connectivity index (χ3v) is 6.80. The van der Waals surface area contributed by atoms with Crippen LogP contribution in [0.5, 0.6) is 5.75 Å². The molecule has 4 rings (SSSR count). The number of ketones is 1. The number of fused-ring (bicyclic) bond motifs is 3. The summed E-state index contributed by atoms with van der Waals surface area (Å²) in [5, 5.41) is 18.1. The predicted molar refractivity (Wildman–Crippen MR) is 141 cm³/mol. The lowest BCUT2D eigenvalue weighted by molar-refractivity contribution is -0.125. The molecule has 2 aliphatic rings. The number of benzene rings is 2. The summed E-state index contributed by atoms with van der Waals surface area (Å²) in [7, 11) is 0. The number of ether oxygens (including phenoxy) is 1. The molecule has 11 nitrogen and oxygen atoms in total. The number of amides is 4. The van der Waals surface area contributed by atoms with Gasteiger partial charge in [0.25, 0.3) is 11.8 Å². The first-order valence-corrected chi connectivity index (χ1v) is 12.9. The van der Waals surface area contributed by atoms with Crippen LogP contribution in [0, 0.1) is 6.92 Å². The fourth-order valence-corrected chi connectivity index (χ4v) is 4.65. The zero-order chi connectivity index (χ0) is 28.1. The lowest BCUT2D eigenvalue weighted by Gasteiger charge is -2.25.